The van der Waals surface area contributed by atoms with Gasteiger partial charge in [0.05, 0.1) is 12.4 Å². The average Bonchev–Trinajstić information content (AvgIpc) is 3.27. The van der Waals surface area contributed by atoms with Gasteiger partial charge < -0.3 is 25.2 Å². The standard InChI is InChI=1S/C18H24FN6O7P/c1-5-18(7-30-33(28,29)24-10(4)16(27)31-9(2)3)11(26)6-12(32-18)25-8-21-13-14(20)22-17(19)23-15(13)25/h1,8-12,26H,6-7H2,2-4H3,(H2,20,22,23)(H2,24,28,29)/t10-,11-,12+,18+/m0/s1. The number of carbonyl (C=O) groups is 1. The number of halogens is 1. The van der Waals surface area contributed by atoms with Crippen molar-refractivity contribution in [1.29, 1.82) is 0 Å². The second-order valence-electron chi connectivity index (χ2n) is 7.69. The molecule has 33 heavy (non-hydrogen) atoms. The maximum absolute atomic E-state index is 13.6. The van der Waals surface area contributed by atoms with Crippen molar-refractivity contribution in [2.24, 2.45) is 0 Å². The minimum Gasteiger partial charge on any atom is -0.462 e. The molecule has 0 amide bonds. The van der Waals surface area contributed by atoms with Crippen molar-refractivity contribution in [3.05, 3.63) is 12.4 Å². The van der Waals surface area contributed by atoms with E-state index >= 15 is 0 Å². The quantitative estimate of drug-likeness (QED) is 0.173. The van der Waals surface area contributed by atoms with Crippen LogP contribution in [-0.4, -0.2) is 65.9 Å². The normalized spacial score (nSPS) is 25.6. The van der Waals surface area contributed by atoms with Gasteiger partial charge in [-0.15, -0.1) is 6.42 Å². The van der Waals surface area contributed by atoms with Gasteiger partial charge in [-0.1, -0.05) is 5.92 Å². The summed E-state index contributed by atoms with van der Waals surface area (Å²) in [4.78, 5) is 33.0. The van der Waals surface area contributed by atoms with Crippen LogP contribution in [0.4, 0.5) is 10.2 Å². The number of aliphatic hydroxyl groups is 1. The zero-order valence-corrected chi connectivity index (χ0v) is 18.9. The van der Waals surface area contributed by atoms with Crippen LogP contribution in [-0.2, 0) is 23.4 Å². The average molecular weight is 486 g/mol. The van der Waals surface area contributed by atoms with Gasteiger partial charge in [-0.25, -0.2) is 14.6 Å². The molecule has 2 aromatic heterocycles. The Morgan fingerprint density at radius 2 is 2.24 bits per heavy atom. The van der Waals surface area contributed by atoms with Crippen LogP contribution in [0.1, 0.15) is 33.4 Å². The molecule has 2 aromatic rings. The zero-order chi connectivity index (χ0) is 24.6. The van der Waals surface area contributed by atoms with Gasteiger partial charge in [0.1, 0.15) is 25.0 Å². The molecule has 1 aliphatic rings. The molecule has 0 bridgehead atoms. The molecule has 0 aromatic carbocycles. The summed E-state index contributed by atoms with van der Waals surface area (Å²) in [6.07, 6.45) is 2.93. The number of aromatic nitrogens is 4. The lowest BCUT2D eigenvalue weighted by Gasteiger charge is -2.28. The monoisotopic (exact) mass is 486 g/mol. The first-order valence-corrected chi connectivity index (χ1v) is 11.4. The number of imidazole rings is 1. The second kappa shape index (κ2) is 9.30. The number of aliphatic hydroxyl groups excluding tert-OH is 1. The van der Waals surface area contributed by atoms with Crippen molar-refractivity contribution in [3.8, 4) is 12.3 Å². The van der Waals surface area contributed by atoms with E-state index in [1.54, 1.807) is 13.8 Å². The first kappa shape index (κ1) is 25.0. The number of anilines is 1. The number of ether oxygens (including phenoxy) is 2. The number of nitrogens with two attached hydrogens (primary N) is 1. The second-order valence-corrected chi connectivity index (χ2v) is 9.25. The van der Waals surface area contributed by atoms with Crippen molar-refractivity contribution < 1.29 is 37.7 Å². The first-order chi connectivity index (χ1) is 15.4. The molecular weight excluding hydrogens is 462 g/mol. The highest BCUT2D eigenvalue weighted by atomic mass is 31.2. The molecule has 0 aliphatic carbocycles. The molecule has 5 atom stereocenters. The summed E-state index contributed by atoms with van der Waals surface area (Å²) in [7, 11) is -4.56. The Hall–Kier alpha value is -2.66. The van der Waals surface area contributed by atoms with Gasteiger partial charge in [-0.3, -0.25) is 13.9 Å². The Kier molecular flexibility index (Phi) is 7.04. The summed E-state index contributed by atoms with van der Waals surface area (Å²) in [6, 6.07) is -1.16. The topological polar surface area (TPSA) is 184 Å². The molecule has 1 aliphatic heterocycles. The van der Waals surface area contributed by atoms with Crippen molar-refractivity contribution in [1.82, 2.24) is 24.6 Å². The van der Waals surface area contributed by atoms with Gasteiger partial charge in [0.25, 0.3) is 0 Å². The highest BCUT2D eigenvalue weighted by Gasteiger charge is 2.49. The van der Waals surface area contributed by atoms with E-state index in [0.29, 0.717) is 0 Å². The summed E-state index contributed by atoms with van der Waals surface area (Å²) in [6.45, 7) is 3.88. The minimum atomic E-state index is -4.56. The molecule has 5 N–H and O–H groups in total. The van der Waals surface area contributed by atoms with E-state index < -0.39 is 56.5 Å². The summed E-state index contributed by atoms with van der Waals surface area (Å²) >= 11 is 0. The van der Waals surface area contributed by atoms with Gasteiger partial charge in [0.15, 0.2) is 22.6 Å². The smallest absolute Gasteiger partial charge is 0.403 e. The highest BCUT2D eigenvalue weighted by molar-refractivity contribution is 7.50. The molecule has 0 spiro atoms. The summed E-state index contributed by atoms with van der Waals surface area (Å²) < 4.78 is 43.1. The fourth-order valence-corrected chi connectivity index (χ4v) is 4.23. The van der Waals surface area contributed by atoms with E-state index in [4.69, 9.17) is 26.2 Å². The molecule has 1 fully saturated rings. The van der Waals surface area contributed by atoms with Crippen molar-refractivity contribution >= 4 is 30.7 Å². The van der Waals surface area contributed by atoms with E-state index in [9.17, 15) is 23.7 Å². The van der Waals surface area contributed by atoms with Gasteiger partial charge in [0, 0.05) is 6.42 Å². The van der Waals surface area contributed by atoms with Crippen LogP contribution in [0.25, 0.3) is 11.2 Å². The van der Waals surface area contributed by atoms with Gasteiger partial charge in [-0.2, -0.15) is 14.4 Å². The number of nitrogen functional groups attached to an aromatic ring is 1. The number of rotatable bonds is 8. The molecule has 1 saturated heterocycles. The third kappa shape index (κ3) is 5.30. The maximum Gasteiger partial charge on any atom is 0.403 e. The Labute approximate surface area is 188 Å². The predicted molar refractivity (Wildman–Crippen MR) is 112 cm³/mol. The van der Waals surface area contributed by atoms with Gasteiger partial charge in [-0.05, 0) is 20.8 Å². The summed E-state index contributed by atoms with van der Waals surface area (Å²) in [5, 5.41) is 12.7. The van der Waals surface area contributed by atoms with E-state index in [1.165, 1.54) is 17.8 Å². The predicted octanol–water partition coefficient (Wildman–Crippen LogP) is 0.246. The van der Waals surface area contributed by atoms with Crippen LogP contribution in [0.15, 0.2) is 6.33 Å². The fraction of sp³-hybridized carbons (Fsp3) is 0.556. The molecule has 13 nitrogen and oxygen atoms in total. The number of fused-ring (bicyclic) bond motifs is 1. The Morgan fingerprint density at radius 3 is 2.88 bits per heavy atom. The zero-order valence-electron chi connectivity index (χ0n) is 18.0. The first-order valence-electron chi connectivity index (χ1n) is 9.82. The lowest BCUT2D eigenvalue weighted by molar-refractivity contribution is -0.149. The molecule has 0 radical (unpaired) electrons. The number of terminal acetylenes is 1. The summed E-state index contributed by atoms with van der Waals surface area (Å²) in [5.41, 5.74) is 3.95. The number of nitrogens with one attached hydrogen (secondary N) is 1. The minimum absolute atomic E-state index is 0.0120. The van der Waals surface area contributed by atoms with Gasteiger partial charge in [0.2, 0.25) is 0 Å². The van der Waals surface area contributed by atoms with Gasteiger partial charge >= 0.3 is 19.8 Å². The lowest BCUT2D eigenvalue weighted by atomic mass is 9.99. The molecule has 3 rings (SSSR count). The number of hydrogen-bond donors (Lipinski definition) is 4. The molecular formula is C18H24FN6O7P. The van der Waals surface area contributed by atoms with Crippen LogP contribution >= 0.6 is 7.75 Å². The van der Waals surface area contributed by atoms with Crippen molar-refractivity contribution in [3.63, 3.8) is 0 Å². The molecule has 1 unspecified atom stereocenters. The number of hydrogen-bond acceptors (Lipinski definition) is 10. The van der Waals surface area contributed by atoms with Crippen molar-refractivity contribution in [2.45, 2.75) is 57.3 Å². The van der Waals surface area contributed by atoms with E-state index in [-0.39, 0.29) is 23.4 Å². The van der Waals surface area contributed by atoms with Crippen LogP contribution in [0.5, 0.6) is 0 Å². The molecule has 15 heteroatoms. The number of esters is 1. The lowest BCUT2D eigenvalue weighted by Crippen LogP contribution is -2.43. The van der Waals surface area contributed by atoms with Crippen LogP contribution in [0, 0.1) is 18.4 Å². The fourth-order valence-electron chi connectivity index (χ4n) is 3.20. The third-order valence-corrected chi connectivity index (χ3v) is 5.99. The maximum atomic E-state index is 13.6. The van der Waals surface area contributed by atoms with E-state index in [1.807, 2.05) is 0 Å². The molecule has 3 heterocycles. The number of carbonyl (C=O) groups excluding carboxylic acids is 1. The largest absolute Gasteiger partial charge is 0.462 e. The molecule has 180 valence electrons. The van der Waals surface area contributed by atoms with Crippen molar-refractivity contribution in [2.75, 3.05) is 12.3 Å². The van der Waals surface area contributed by atoms with Crippen LogP contribution < -0.4 is 10.8 Å². The van der Waals surface area contributed by atoms with Crippen LogP contribution in [0.2, 0.25) is 0 Å². The Balaban J connectivity index is 1.74. The van der Waals surface area contributed by atoms with Crippen LogP contribution in [0.3, 0.4) is 0 Å². The third-order valence-electron chi connectivity index (χ3n) is 4.80. The molecule has 0 saturated carbocycles. The van der Waals surface area contributed by atoms with E-state index in [2.05, 4.69) is 26.0 Å². The number of nitrogens with zero attached hydrogens (tertiary/aromatic N) is 4. The SMILES string of the molecule is C#C[C@]1(COP(=O)(O)N[C@@H](C)C(=O)OC(C)C)O[C@@H](n2cnc3c(N)nc(F)nc32)C[C@@H]1O. The summed E-state index contributed by atoms with van der Waals surface area (Å²) in [5.74, 6) is 1.31. The highest BCUT2D eigenvalue weighted by Crippen LogP contribution is 2.43. The van der Waals surface area contributed by atoms with E-state index in [0.717, 1.165) is 0 Å². The Morgan fingerprint density at radius 1 is 1.55 bits per heavy atom. The Bertz CT molecular complexity index is 1140.